The zero-order valence-corrected chi connectivity index (χ0v) is 18.3. The second kappa shape index (κ2) is 11.1. The molecule has 31 heavy (non-hydrogen) atoms. The SMILES string of the molecule is Cc1ccc(C(=O)NCC(=O)OCC(=O)N(C)CC(=O)Nc2ccccc2Cl)cc1C. The molecule has 164 valence electrons. The highest BCUT2D eigenvalue weighted by Gasteiger charge is 2.16. The number of halogens is 1. The normalized spacial score (nSPS) is 10.2. The number of ether oxygens (including phenoxy) is 1. The summed E-state index contributed by atoms with van der Waals surface area (Å²) in [7, 11) is 1.41. The van der Waals surface area contributed by atoms with Gasteiger partial charge in [-0.3, -0.25) is 19.2 Å². The first-order valence-corrected chi connectivity index (χ1v) is 9.84. The van der Waals surface area contributed by atoms with Crippen LogP contribution in [0.3, 0.4) is 0 Å². The molecule has 2 aromatic rings. The largest absolute Gasteiger partial charge is 0.454 e. The van der Waals surface area contributed by atoms with Gasteiger partial charge in [-0.2, -0.15) is 0 Å². The lowest BCUT2D eigenvalue weighted by Crippen LogP contribution is -2.38. The van der Waals surface area contributed by atoms with E-state index in [1.165, 1.54) is 7.05 Å². The number of esters is 1. The summed E-state index contributed by atoms with van der Waals surface area (Å²) in [6, 6.07) is 11.9. The molecule has 3 amide bonds. The molecule has 0 fully saturated rings. The summed E-state index contributed by atoms with van der Waals surface area (Å²) in [6.07, 6.45) is 0. The number of carbonyl (C=O) groups excluding carboxylic acids is 4. The van der Waals surface area contributed by atoms with Gasteiger partial charge in [0.1, 0.15) is 6.54 Å². The van der Waals surface area contributed by atoms with Crippen LogP contribution in [0.1, 0.15) is 21.5 Å². The molecule has 0 saturated carbocycles. The standard InChI is InChI=1S/C22H24ClN3O5/c1-14-8-9-16(10-15(14)2)22(30)24-11-21(29)31-13-20(28)26(3)12-19(27)25-18-7-5-4-6-17(18)23/h4-10H,11-13H2,1-3H3,(H,24,30)(H,25,27). The summed E-state index contributed by atoms with van der Waals surface area (Å²) in [5.74, 6) is -2.20. The molecule has 0 spiro atoms. The maximum atomic E-state index is 12.1. The summed E-state index contributed by atoms with van der Waals surface area (Å²) in [5.41, 5.74) is 2.87. The van der Waals surface area contributed by atoms with E-state index < -0.39 is 30.3 Å². The Kier molecular flexibility index (Phi) is 8.57. The lowest BCUT2D eigenvalue weighted by molar-refractivity contribution is -0.150. The highest BCUT2D eigenvalue weighted by Crippen LogP contribution is 2.20. The van der Waals surface area contributed by atoms with Gasteiger partial charge in [0.05, 0.1) is 17.3 Å². The van der Waals surface area contributed by atoms with Crippen LogP contribution < -0.4 is 10.6 Å². The van der Waals surface area contributed by atoms with Crippen LogP contribution in [0, 0.1) is 13.8 Å². The van der Waals surface area contributed by atoms with Gasteiger partial charge in [-0.25, -0.2) is 0 Å². The van der Waals surface area contributed by atoms with Crippen LogP contribution in [0.25, 0.3) is 0 Å². The maximum Gasteiger partial charge on any atom is 0.325 e. The number of nitrogens with one attached hydrogen (secondary N) is 2. The first-order chi connectivity index (χ1) is 14.7. The Bertz CT molecular complexity index is 993. The van der Waals surface area contributed by atoms with Crippen molar-refractivity contribution in [3.05, 3.63) is 64.2 Å². The van der Waals surface area contributed by atoms with Gasteiger partial charge < -0.3 is 20.3 Å². The zero-order valence-electron chi connectivity index (χ0n) is 17.5. The number of hydrogen-bond acceptors (Lipinski definition) is 5. The number of aryl methyl sites for hydroxylation is 2. The maximum absolute atomic E-state index is 12.1. The van der Waals surface area contributed by atoms with Crippen molar-refractivity contribution < 1.29 is 23.9 Å². The fourth-order valence-electron chi connectivity index (χ4n) is 2.50. The topological polar surface area (TPSA) is 105 Å². The minimum Gasteiger partial charge on any atom is -0.454 e. The van der Waals surface area contributed by atoms with Gasteiger partial charge in [-0.05, 0) is 49.2 Å². The molecular formula is C22H24ClN3O5. The fraction of sp³-hybridized carbons (Fsp3) is 0.273. The van der Waals surface area contributed by atoms with Gasteiger partial charge in [0, 0.05) is 12.6 Å². The fourth-order valence-corrected chi connectivity index (χ4v) is 2.68. The highest BCUT2D eigenvalue weighted by atomic mass is 35.5. The highest BCUT2D eigenvalue weighted by molar-refractivity contribution is 6.33. The Morgan fingerprint density at radius 1 is 1.03 bits per heavy atom. The summed E-state index contributed by atoms with van der Waals surface area (Å²) in [4.78, 5) is 49.2. The van der Waals surface area contributed by atoms with Gasteiger partial charge in [0.15, 0.2) is 6.61 Å². The molecule has 9 heteroatoms. The van der Waals surface area contributed by atoms with Gasteiger partial charge in [0.25, 0.3) is 11.8 Å². The molecule has 0 aliphatic heterocycles. The molecule has 2 N–H and O–H groups in total. The van der Waals surface area contributed by atoms with Crippen molar-refractivity contribution in [3.8, 4) is 0 Å². The van der Waals surface area contributed by atoms with Crippen molar-refractivity contribution in [1.29, 1.82) is 0 Å². The van der Waals surface area contributed by atoms with E-state index in [4.69, 9.17) is 16.3 Å². The number of hydrogen-bond donors (Lipinski definition) is 2. The minimum absolute atomic E-state index is 0.245. The Morgan fingerprint density at radius 3 is 2.42 bits per heavy atom. The first kappa shape index (κ1) is 23.9. The molecule has 0 radical (unpaired) electrons. The van der Waals surface area contributed by atoms with Crippen LogP contribution in [0.4, 0.5) is 5.69 Å². The van der Waals surface area contributed by atoms with Crippen LogP contribution >= 0.6 is 11.6 Å². The third-order valence-corrected chi connectivity index (χ3v) is 4.80. The monoisotopic (exact) mass is 445 g/mol. The molecule has 0 aliphatic rings. The number of amides is 3. The average Bonchev–Trinajstić information content (AvgIpc) is 2.73. The van der Waals surface area contributed by atoms with Crippen molar-refractivity contribution >= 4 is 41.0 Å². The molecule has 0 unspecified atom stereocenters. The number of nitrogens with zero attached hydrogens (tertiary/aromatic N) is 1. The van der Waals surface area contributed by atoms with Crippen LogP contribution in [0.15, 0.2) is 42.5 Å². The first-order valence-electron chi connectivity index (χ1n) is 9.46. The van der Waals surface area contributed by atoms with E-state index >= 15 is 0 Å². The average molecular weight is 446 g/mol. The third-order valence-electron chi connectivity index (χ3n) is 4.47. The van der Waals surface area contributed by atoms with Gasteiger partial charge >= 0.3 is 5.97 Å². The lowest BCUT2D eigenvalue weighted by atomic mass is 10.1. The molecule has 0 aliphatic carbocycles. The number of anilines is 1. The quantitative estimate of drug-likeness (QED) is 0.607. The lowest BCUT2D eigenvalue weighted by Gasteiger charge is -2.17. The number of para-hydroxylation sites is 1. The molecule has 0 saturated heterocycles. The van der Waals surface area contributed by atoms with Crippen molar-refractivity contribution in [2.45, 2.75) is 13.8 Å². The van der Waals surface area contributed by atoms with Crippen molar-refractivity contribution in [2.24, 2.45) is 0 Å². The molecule has 0 heterocycles. The van der Waals surface area contributed by atoms with Crippen LogP contribution in [0.5, 0.6) is 0 Å². The van der Waals surface area contributed by atoms with Gasteiger partial charge in [-0.1, -0.05) is 29.8 Å². The molecule has 8 nitrogen and oxygen atoms in total. The van der Waals surface area contributed by atoms with Crippen LogP contribution in [-0.4, -0.2) is 55.3 Å². The van der Waals surface area contributed by atoms with E-state index in [2.05, 4.69) is 10.6 Å². The summed E-state index contributed by atoms with van der Waals surface area (Å²) in [6.45, 7) is 2.65. The summed E-state index contributed by atoms with van der Waals surface area (Å²) >= 11 is 5.97. The summed E-state index contributed by atoms with van der Waals surface area (Å²) < 4.78 is 4.88. The second-order valence-electron chi connectivity index (χ2n) is 6.92. The smallest absolute Gasteiger partial charge is 0.325 e. The Morgan fingerprint density at radius 2 is 1.74 bits per heavy atom. The summed E-state index contributed by atoms with van der Waals surface area (Å²) in [5, 5.41) is 5.42. The molecule has 2 rings (SSSR count). The number of carbonyl (C=O) groups is 4. The molecule has 0 bridgehead atoms. The van der Waals surface area contributed by atoms with Crippen LogP contribution in [0.2, 0.25) is 5.02 Å². The number of likely N-dealkylation sites (N-methyl/N-ethyl adjacent to an activating group) is 1. The third kappa shape index (κ3) is 7.42. The van der Waals surface area contributed by atoms with E-state index in [-0.39, 0.29) is 13.1 Å². The van der Waals surface area contributed by atoms with Gasteiger partial charge in [0.2, 0.25) is 5.91 Å². The van der Waals surface area contributed by atoms with Crippen molar-refractivity contribution in [2.75, 3.05) is 32.1 Å². The second-order valence-corrected chi connectivity index (χ2v) is 7.33. The minimum atomic E-state index is -0.764. The Hall–Kier alpha value is -3.39. The number of benzene rings is 2. The van der Waals surface area contributed by atoms with Crippen molar-refractivity contribution in [1.82, 2.24) is 10.2 Å². The van der Waals surface area contributed by atoms with Crippen LogP contribution in [-0.2, 0) is 19.1 Å². The van der Waals surface area contributed by atoms with E-state index in [0.717, 1.165) is 16.0 Å². The van der Waals surface area contributed by atoms with E-state index in [1.807, 2.05) is 19.9 Å². The Balaban J connectivity index is 1.73. The molecule has 0 atom stereocenters. The Labute approximate surface area is 185 Å². The molecule has 2 aromatic carbocycles. The van der Waals surface area contributed by atoms with E-state index in [9.17, 15) is 19.2 Å². The predicted octanol–water partition coefficient (Wildman–Crippen LogP) is 2.33. The number of rotatable bonds is 8. The van der Waals surface area contributed by atoms with E-state index in [0.29, 0.717) is 16.3 Å². The molecular weight excluding hydrogens is 422 g/mol. The molecule has 0 aromatic heterocycles. The predicted molar refractivity (Wildman–Crippen MR) is 117 cm³/mol. The van der Waals surface area contributed by atoms with Crippen molar-refractivity contribution in [3.63, 3.8) is 0 Å². The van der Waals surface area contributed by atoms with Gasteiger partial charge in [-0.15, -0.1) is 0 Å². The van der Waals surface area contributed by atoms with E-state index in [1.54, 1.807) is 36.4 Å². The zero-order chi connectivity index (χ0) is 23.0.